The van der Waals surface area contributed by atoms with E-state index in [0.717, 1.165) is 6.42 Å². The Bertz CT molecular complexity index is 1020. The van der Waals surface area contributed by atoms with Crippen molar-refractivity contribution in [2.75, 3.05) is 0 Å². The van der Waals surface area contributed by atoms with Crippen LogP contribution in [0.3, 0.4) is 0 Å². The highest BCUT2D eigenvalue weighted by Crippen LogP contribution is 2.30. The number of benzene rings is 1. The van der Waals surface area contributed by atoms with Crippen LogP contribution in [-0.2, 0) is 6.54 Å². The van der Waals surface area contributed by atoms with Gasteiger partial charge in [-0.2, -0.15) is 5.26 Å². The molecule has 0 unspecified atom stereocenters. The van der Waals surface area contributed by atoms with Gasteiger partial charge in [-0.05, 0) is 40.9 Å². The molecule has 8 nitrogen and oxygen atoms in total. The minimum absolute atomic E-state index is 0.0480. The zero-order valence-electron chi connectivity index (χ0n) is 14.8. The van der Waals surface area contributed by atoms with Crippen LogP contribution in [-0.4, -0.2) is 20.8 Å². The predicted molar refractivity (Wildman–Crippen MR) is 105 cm³/mol. The van der Waals surface area contributed by atoms with Crippen molar-refractivity contribution in [3.05, 3.63) is 59.8 Å². The lowest BCUT2D eigenvalue weighted by molar-refractivity contribution is -0.384. The Balaban J connectivity index is 2.55. The molecule has 0 aliphatic carbocycles. The summed E-state index contributed by atoms with van der Waals surface area (Å²) in [6.07, 6.45) is 2.84. The first-order valence-electron chi connectivity index (χ1n) is 8.16. The molecule has 9 heteroatoms. The maximum atomic E-state index is 12.4. The van der Waals surface area contributed by atoms with Crippen LogP contribution in [0.1, 0.15) is 36.5 Å². The van der Waals surface area contributed by atoms with Crippen molar-refractivity contribution in [3.8, 4) is 11.9 Å². The van der Waals surface area contributed by atoms with E-state index in [2.05, 4.69) is 20.9 Å². The number of nitro groups is 1. The number of aromatic hydroxyl groups is 1. The fourth-order valence-corrected chi connectivity index (χ4v) is 2.97. The van der Waals surface area contributed by atoms with Gasteiger partial charge in [-0.15, -0.1) is 0 Å². The molecular formula is C18H17BrN4O4. The topological polar surface area (TPSA) is 122 Å². The summed E-state index contributed by atoms with van der Waals surface area (Å²) >= 11 is 3.23. The largest absolute Gasteiger partial charge is 0.494 e. The SMILES string of the molecule is CCCCn1c(O)c(C=Nc2ccc([N+](=O)[O-])cc2Br)c(C)c(C#N)c1=O. The van der Waals surface area contributed by atoms with Gasteiger partial charge in [0.15, 0.2) is 0 Å². The number of nitrogens with zero attached hydrogens (tertiary/aromatic N) is 4. The molecular weight excluding hydrogens is 416 g/mol. The molecule has 1 aromatic carbocycles. The lowest BCUT2D eigenvalue weighted by Gasteiger charge is -2.13. The summed E-state index contributed by atoms with van der Waals surface area (Å²) in [6.45, 7) is 3.81. The lowest BCUT2D eigenvalue weighted by atomic mass is 10.1. The van der Waals surface area contributed by atoms with Gasteiger partial charge in [-0.1, -0.05) is 13.3 Å². The number of unbranched alkanes of at least 4 members (excludes halogenated alkanes) is 1. The number of non-ortho nitro benzene ring substituents is 1. The van der Waals surface area contributed by atoms with Crippen LogP contribution >= 0.6 is 15.9 Å². The first kappa shape index (κ1) is 20.3. The third kappa shape index (κ3) is 4.23. The number of halogens is 1. The van der Waals surface area contributed by atoms with E-state index in [1.54, 1.807) is 6.92 Å². The Hall–Kier alpha value is -2.99. The number of pyridine rings is 1. The second-order valence-electron chi connectivity index (χ2n) is 5.81. The summed E-state index contributed by atoms with van der Waals surface area (Å²) in [4.78, 5) is 26.9. The van der Waals surface area contributed by atoms with Crippen LogP contribution in [0.25, 0.3) is 0 Å². The van der Waals surface area contributed by atoms with E-state index in [9.17, 15) is 25.3 Å². The van der Waals surface area contributed by atoms with Gasteiger partial charge < -0.3 is 5.11 Å². The maximum Gasteiger partial charge on any atom is 0.271 e. The van der Waals surface area contributed by atoms with Gasteiger partial charge in [-0.3, -0.25) is 24.5 Å². The standard InChI is InChI=1S/C18H17BrN4O4/c1-3-4-7-22-17(24)13(9-20)11(2)14(18(22)25)10-21-16-6-5-12(23(26)27)8-15(16)19/h5-6,8,10,25H,3-4,7H2,1-2H3. The minimum atomic E-state index is -0.533. The Morgan fingerprint density at radius 1 is 1.48 bits per heavy atom. The predicted octanol–water partition coefficient (Wildman–Crippen LogP) is 3.96. The second-order valence-corrected chi connectivity index (χ2v) is 6.66. The van der Waals surface area contributed by atoms with Gasteiger partial charge in [0, 0.05) is 29.4 Å². The highest BCUT2D eigenvalue weighted by molar-refractivity contribution is 9.10. The third-order valence-electron chi connectivity index (χ3n) is 4.06. The van der Waals surface area contributed by atoms with Crippen molar-refractivity contribution in [2.24, 2.45) is 4.99 Å². The summed E-state index contributed by atoms with van der Waals surface area (Å²) in [5.74, 6) is -0.258. The number of nitriles is 1. The van der Waals surface area contributed by atoms with E-state index in [1.165, 1.54) is 29.0 Å². The molecule has 0 saturated heterocycles. The monoisotopic (exact) mass is 432 g/mol. The number of rotatable bonds is 6. The minimum Gasteiger partial charge on any atom is -0.494 e. The van der Waals surface area contributed by atoms with E-state index >= 15 is 0 Å². The van der Waals surface area contributed by atoms with Gasteiger partial charge in [0.25, 0.3) is 11.2 Å². The number of hydrogen-bond donors (Lipinski definition) is 1. The summed E-state index contributed by atoms with van der Waals surface area (Å²) in [5, 5.41) is 30.6. The Kier molecular flexibility index (Phi) is 6.47. The molecule has 0 atom stereocenters. The van der Waals surface area contributed by atoms with Crippen molar-refractivity contribution in [1.29, 1.82) is 5.26 Å². The quantitative estimate of drug-likeness (QED) is 0.420. The number of aromatic nitrogens is 1. The van der Waals surface area contributed by atoms with Crippen molar-refractivity contribution >= 4 is 33.5 Å². The fraction of sp³-hybridized carbons (Fsp3) is 0.278. The van der Waals surface area contributed by atoms with E-state index < -0.39 is 10.5 Å². The number of hydrogen-bond acceptors (Lipinski definition) is 6. The Morgan fingerprint density at radius 2 is 2.19 bits per heavy atom. The molecule has 0 radical (unpaired) electrons. The number of nitro benzene ring substituents is 1. The summed E-state index contributed by atoms with van der Waals surface area (Å²) in [5.41, 5.74) is 0.328. The third-order valence-corrected chi connectivity index (χ3v) is 4.69. The summed E-state index contributed by atoms with van der Waals surface area (Å²) < 4.78 is 1.58. The Labute approximate surface area is 163 Å². The van der Waals surface area contributed by atoms with E-state index in [4.69, 9.17) is 0 Å². The van der Waals surface area contributed by atoms with E-state index in [-0.39, 0.29) is 29.2 Å². The van der Waals surface area contributed by atoms with E-state index in [0.29, 0.717) is 22.1 Å². The molecule has 0 aliphatic rings. The van der Waals surface area contributed by atoms with Gasteiger partial charge >= 0.3 is 0 Å². The molecule has 1 N–H and O–H groups in total. The van der Waals surface area contributed by atoms with Gasteiger partial charge in [-0.25, -0.2) is 0 Å². The zero-order valence-corrected chi connectivity index (χ0v) is 16.4. The maximum absolute atomic E-state index is 12.4. The van der Waals surface area contributed by atoms with Crippen molar-refractivity contribution < 1.29 is 10.0 Å². The average Bonchev–Trinajstić information content (AvgIpc) is 2.62. The highest BCUT2D eigenvalue weighted by Gasteiger charge is 2.18. The smallest absolute Gasteiger partial charge is 0.271 e. The van der Waals surface area contributed by atoms with Crippen LogP contribution < -0.4 is 5.56 Å². The average molecular weight is 433 g/mol. The molecule has 1 heterocycles. The molecule has 140 valence electrons. The van der Waals surface area contributed by atoms with Gasteiger partial charge in [0.05, 0.1) is 16.2 Å². The molecule has 0 fully saturated rings. The molecule has 0 spiro atoms. The van der Waals surface area contributed by atoms with E-state index in [1.807, 2.05) is 13.0 Å². The highest BCUT2D eigenvalue weighted by atomic mass is 79.9. The molecule has 0 bridgehead atoms. The van der Waals surface area contributed by atoms with Gasteiger partial charge in [0.2, 0.25) is 5.88 Å². The first-order valence-corrected chi connectivity index (χ1v) is 8.95. The molecule has 0 aliphatic heterocycles. The normalized spacial score (nSPS) is 10.9. The van der Waals surface area contributed by atoms with Crippen molar-refractivity contribution in [1.82, 2.24) is 4.57 Å². The first-order chi connectivity index (χ1) is 12.8. The molecule has 2 rings (SSSR count). The molecule has 0 saturated carbocycles. The van der Waals surface area contributed by atoms with Crippen LogP contribution in [0.4, 0.5) is 11.4 Å². The molecule has 27 heavy (non-hydrogen) atoms. The van der Waals surface area contributed by atoms with Crippen molar-refractivity contribution in [2.45, 2.75) is 33.2 Å². The summed E-state index contributed by atoms with van der Waals surface area (Å²) in [7, 11) is 0. The Morgan fingerprint density at radius 3 is 2.74 bits per heavy atom. The second kappa shape index (κ2) is 8.60. The fourth-order valence-electron chi connectivity index (χ4n) is 2.50. The molecule has 0 amide bonds. The van der Waals surface area contributed by atoms with Crippen LogP contribution in [0.15, 0.2) is 32.5 Å². The molecule has 1 aromatic heterocycles. The van der Waals surface area contributed by atoms with Crippen LogP contribution in [0.5, 0.6) is 5.88 Å². The van der Waals surface area contributed by atoms with Crippen LogP contribution in [0.2, 0.25) is 0 Å². The molecule has 2 aromatic rings. The van der Waals surface area contributed by atoms with Crippen molar-refractivity contribution in [3.63, 3.8) is 0 Å². The van der Waals surface area contributed by atoms with Crippen LogP contribution in [0, 0.1) is 28.4 Å². The number of aliphatic imine (C=N–C) groups is 1. The zero-order chi connectivity index (χ0) is 20.1. The lowest BCUT2D eigenvalue weighted by Crippen LogP contribution is -2.25. The van der Waals surface area contributed by atoms with Gasteiger partial charge in [0.1, 0.15) is 11.6 Å². The summed E-state index contributed by atoms with van der Waals surface area (Å²) in [6, 6.07) is 5.98.